The molecule has 0 radical (unpaired) electrons. The molecule has 4 heteroatoms. The second-order valence-corrected chi connectivity index (χ2v) is 4.55. The molecule has 0 unspecified atom stereocenters. The zero-order chi connectivity index (χ0) is 11.5. The van der Waals surface area contributed by atoms with E-state index >= 15 is 0 Å². The summed E-state index contributed by atoms with van der Waals surface area (Å²) in [6.07, 6.45) is 3.76. The van der Waals surface area contributed by atoms with Crippen LogP contribution in [0.2, 0.25) is 0 Å². The first kappa shape index (κ1) is 9.24. The van der Waals surface area contributed by atoms with Gasteiger partial charge in [0.2, 0.25) is 0 Å². The molecule has 0 fully saturated rings. The van der Waals surface area contributed by atoms with Gasteiger partial charge in [-0.05, 0) is 17.9 Å². The summed E-state index contributed by atoms with van der Waals surface area (Å²) in [5.74, 6) is 0. The molecular formula is C11H12N2S2. The summed E-state index contributed by atoms with van der Waals surface area (Å²) in [6, 6.07) is 7.95. The van der Waals surface area contributed by atoms with Gasteiger partial charge < -0.3 is 10.3 Å². The minimum absolute atomic E-state index is 0.518. The number of thiocarbonyl (C=S) groups is 1. The van der Waals surface area contributed by atoms with E-state index in [1.165, 1.54) is 11.8 Å². The molecule has 2 nitrogen and oxygen atoms in total. The van der Waals surface area contributed by atoms with E-state index in [0.29, 0.717) is 4.32 Å². The fraction of sp³-hybridized carbons (Fsp3) is 0.182. The molecule has 0 saturated heterocycles. The first-order valence-corrected chi connectivity index (χ1v) is 6.18. The van der Waals surface area contributed by atoms with Gasteiger partial charge in [0.1, 0.15) is 4.32 Å². The molecule has 0 aliphatic heterocycles. The van der Waals surface area contributed by atoms with Gasteiger partial charge in [0.15, 0.2) is 0 Å². The highest BCUT2D eigenvalue weighted by molar-refractivity contribution is 8.22. The van der Waals surface area contributed by atoms with Crippen molar-refractivity contribution in [1.29, 1.82) is 0 Å². The average molecular weight is 237 g/mol. The van der Waals surface area contributed by atoms with E-state index in [2.05, 4.69) is 10.3 Å². The molecule has 0 spiro atoms. The van der Waals surface area contributed by atoms with E-state index in [9.17, 15) is 0 Å². The molecule has 0 amide bonds. The highest BCUT2D eigenvalue weighted by Crippen LogP contribution is 2.17. The van der Waals surface area contributed by atoms with E-state index in [-0.39, 0.29) is 0 Å². The Kier molecular flexibility index (Phi) is 2.88. The fourth-order valence-electron chi connectivity index (χ4n) is 1.41. The minimum Gasteiger partial charge on any atom is -0.367 e. The number of hydrogen-bond donors (Lipinski definition) is 2. The fourth-order valence-corrected chi connectivity index (χ4v) is 1.64. The van der Waals surface area contributed by atoms with Crippen molar-refractivity contribution in [3.05, 3.63) is 36.0 Å². The monoisotopic (exact) mass is 237 g/mol. The number of benzene rings is 1. The molecular weight excluding hydrogens is 224 g/mol. The topological polar surface area (TPSA) is 27.8 Å². The summed E-state index contributed by atoms with van der Waals surface area (Å²) in [7, 11) is 0. The summed E-state index contributed by atoms with van der Waals surface area (Å²) in [6.45, 7) is -0.518. The van der Waals surface area contributed by atoms with E-state index in [4.69, 9.17) is 13.6 Å². The van der Waals surface area contributed by atoms with Crippen molar-refractivity contribution in [2.75, 3.05) is 6.26 Å². The maximum Gasteiger partial charge on any atom is 0.133 e. The maximum atomic E-state index is 8.01. The zero-order valence-electron chi connectivity index (χ0n) is 9.28. The van der Waals surface area contributed by atoms with Gasteiger partial charge in [0.25, 0.3) is 0 Å². The third-order valence-electron chi connectivity index (χ3n) is 2.15. The maximum absolute atomic E-state index is 8.01. The number of fused-ring (bicyclic) bond motifs is 1. The van der Waals surface area contributed by atoms with Gasteiger partial charge in [-0.15, -0.1) is 11.8 Å². The quantitative estimate of drug-likeness (QED) is 0.787. The number of hydrogen-bond acceptors (Lipinski definition) is 2. The Bertz CT molecular complexity index is 509. The highest BCUT2D eigenvalue weighted by atomic mass is 32.2. The first-order valence-electron chi connectivity index (χ1n) is 5.13. The van der Waals surface area contributed by atoms with Crippen molar-refractivity contribution in [2.45, 2.75) is 6.52 Å². The molecule has 2 aromatic rings. The van der Waals surface area contributed by atoms with E-state index in [1.54, 1.807) is 0 Å². The Balaban J connectivity index is 2.29. The molecule has 2 rings (SSSR count). The lowest BCUT2D eigenvalue weighted by atomic mass is 10.2. The van der Waals surface area contributed by atoms with Crippen LogP contribution >= 0.6 is 24.0 Å². The van der Waals surface area contributed by atoms with E-state index < -0.39 is 6.52 Å². The first-order chi connectivity index (χ1) is 7.72. The summed E-state index contributed by atoms with van der Waals surface area (Å²) < 4.78 is 8.66. The van der Waals surface area contributed by atoms with Gasteiger partial charge in [-0.25, -0.2) is 0 Å². The molecule has 0 bridgehead atoms. The van der Waals surface area contributed by atoms with Gasteiger partial charge in [-0.1, -0.05) is 30.4 Å². The number of para-hydroxylation sites is 1. The van der Waals surface area contributed by atoms with Gasteiger partial charge in [0, 0.05) is 23.6 Å². The van der Waals surface area contributed by atoms with Crippen molar-refractivity contribution in [3.63, 3.8) is 0 Å². The molecule has 2 N–H and O–H groups in total. The van der Waals surface area contributed by atoms with Crippen molar-refractivity contribution in [2.24, 2.45) is 0 Å². The SMILES string of the molecule is [2H][C@H](NC(=S)SC)c1c[nH]c2ccccc12. The molecule has 1 aromatic heterocycles. The molecule has 1 atom stereocenters. The zero-order valence-corrected chi connectivity index (χ0v) is 9.91. The summed E-state index contributed by atoms with van der Waals surface area (Å²) in [5.41, 5.74) is 1.97. The van der Waals surface area contributed by atoms with Gasteiger partial charge in [-0.3, -0.25) is 0 Å². The molecule has 0 aliphatic rings. The third kappa shape index (κ3) is 2.33. The highest BCUT2D eigenvalue weighted by Gasteiger charge is 2.02. The van der Waals surface area contributed by atoms with Crippen LogP contribution in [0, 0.1) is 0 Å². The molecule has 1 heterocycles. The third-order valence-corrected chi connectivity index (χ3v) is 3.26. The average Bonchev–Trinajstić information content (AvgIpc) is 2.72. The van der Waals surface area contributed by atoms with Crippen molar-refractivity contribution in [1.82, 2.24) is 10.3 Å². The number of aromatic nitrogens is 1. The van der Waals surface area contributed by atoms with Crippen LogP contribution in [0.25, 0.3) is 10.9 Å². The van der Waals surface area contributed by atoms with Crippen molar-refractivity contribution >= 4 is 39.2 Å². The predicted molar refractivity (Wildman–Crippen MR) is 71.3 cm³/mol. The van der Waals surface area contributed by atoms with Crippen molar-refractivity contribution < 1.29 is 1.37 Å². The number of rotatable bonds is 2. The van der Waals surface area contributed by atoms with Crippen molar-refractivity contribution in [3.8, 4) is 0 Å². The lowest BCUT2D eigenvalue weighted by molar-refractivity contribution is 0.948. The van der Waals surface area contributed by atoms with Gasteiger partial charge in [-0.2, -0.15) is 0 Å². The van der Waals surface area contributed by atoms with Crippen LogP contribution in [0.1, 0.15) is 6.93 Å². The summed E-state index contributed by atoms with van der Waals surface area (Å²) in [4.78, 5) is 3.15. The summed E-state index contributed by atoms with van der Waals surface area (Å²) in [5, 5.41) is 4.03. The van der Waals surface area contributed by atoms with E-state index in [0.717, 1.165) is 16.5 Å². The minimum atomic E-state index is -0.518. The van der Waals surface area contributed by atoms with Crippen LogP contribution in [-0.4, -0.2) is 15.6 Å². The van der Waals surface area contributed by atoms with Crippen LogP contribution in [0.5, 0.6) is 0 Å². The Hall–Kier alpha value is -1.00. The number of aromatic amines is 1. The summed E-state index contributed by atoms with van der Waals surface area (Å²) >= 11 is 6.50. The Morgan fingerprint density at radius 2 is 2.40 bits per heavy atom. The number of nitrogens with one attached hydrogen (secondary N) is 2. The standard InChI is InChI=1S/C11H12N2S2/c1-15-11(14)13-7-8-6-12-10-5-3-2-4-9(8)10/h2-6,12H,7H2,1H3,(H,13,14)/i7D/t7-/m0/s1. The van der Waals surface area contributed by atoms with Crippen LogP contribution in [0.15, 0.2) is 30.5 Å². The molecule has 78 valence electrons. The molecule has 0 aliphatic carbocycles. The predicted octanol–water partition coefficient (Wildman–Crippen LogP) is 2.91. The molecule has 0 saturated carbocycles. The second kappa shape index (κ2) is 4.68. The molecule has 1 aromatic carbocycles. The lowest BCUT2D eigenvalue weighted by Crippen LogP contribution is -2.16. The number of thioether (sulfide) groups is 1. The van der Waals surface area contributed by atoms with Crippen LogP contribution in [0.4, 0.5) is 0 Å². The van der Waals surface area contributed by atoms with Crippen LogP contribution < -0.4 is 5.32 Å². The van der Waals surface area contributed by atoms with Crippen LogP contribution in [-0.2, 0) is 6.52 Å². The van der Waals surface area contributed by atoms with Gasteiger partial charge in [0.05, 0.1) is 1.37 Å². The Morgan fingerprint density at radius 1 is 1.60 bits per heavy atom. The number of H-pyrrole nitrogens is 1. The lowest BCUT2D eigenvalue weighted by Gasteiger charge is -2.03. The smallest absolute Gasteiger partial charge is 0.133 e. The second-order valence-electron chi connectivity index (χ2n) is 3.07. The van der Waals surface area contributed by atoms with Crippen LogP contribution in [0.3, 0.4) is 0 Å². The Morgan fingerprint density at radius 3 is 3.20 bits per heavy atom. The largest absolute Gasteiger partial charge is 0.367 e. The van der Waals surface area contributed by atoms with Gasteiger partial charge >= 0.3 is 0 Å². The Labute approximate surface area is 99.9 Å². The van der Waals surface area contributed by atoms with E-state index in [1.807, 2.05) is 36.7 Å². The molecule has 15 heavy (non-hydrogen) atoms. The normalized spacial score (nSPS) is 13.5.